The summed E-state index contributed by atoms with van der Waals surface area (Å²) < 4.78 is 16.4. The monoisotopic (exact) mass is 481 g/mol. The van der Waals surface area contributed by atoms with Crippen LogP contribution >= 0.6 is 24.0 Å². The number of hydrogen-bond donors (Lipinski definition) is 1. The standard InChI is InChI=1S/C22H27NO7S2/c1-4-5-6-7-8-9-19(26)30-20-15(28-2)10-14(11-16(20)29-3)12-17-21(27)23(13-18(24)25)22(31)32-17/h10-12H,4-9,13H2,1-3H3,(H,24,25)/b17-12-. The Morgan fingerprint density at radius 3 is 2.31 bits per heavy atom. The third kappa shape index (κ3) is 6.96. The van der Waals surface area contributed by atoms with Gasteiger partial charge in [-0.25, -0.2) is 0 Å². The number of esters is 1. The van der Waals surface area contributed by atoms with Crippen molar-refractivity contribution in [2.75, 3.05) is 20.8 Å². The van der Waals surface area contributed by atoms with Gasteiger partial charge in [0, 0.05) is 6.42 Å². The minimum absolute atomic E-state index is 0.170. The predicted molar refractivity (Wildman–Crippen MR) is 126 cm³/mol. The maximum absolute atomic E-state index is 12.5. The SMILES string of the molecule is CCCCCCCC(=O)Oc1c(OC)cc(/C=C2\SC(=S)N(CC(=O)O)C2=O)cc1OC. The van der Waals surface area contributed by atoms with Crippen molar-refractivity contribution >= 4 is 52.2 Å². The van der Waals surface area contributed by atoms with Crippen LogP contribution in [0.5, 0.6) is 17.2 Å². The summed E-state index contributed by atoms with van der Waals surface area (Å²) >= 11 is 6.12. The Kier molecular flexibility index (Phi) is 9.98. The Bertz CT molecular complexity index is 889. The molecule has 0 spiro atoms. The van der Waals surface area contributed by atoms with E-state index >= 15 is 0 Å². The number of ether oxygens (including phenoxy) is 3. The van der Waals surface area contributed by atoms with Gasteiger partial charge in [-0.15, -0.1) is 0 Å². The first-order valence-electron chi connectivity index (χ1n) is 10.2. The molecular weight excluding hydrogens is 454 g/mol. The van der Waals surface area contributed by atoms with Gasteiger partial charge in [0.15, 0.2) is 11.5 Å². The first kappa shape index (κ1) is 25.7. The summed E-state index contributed by atoms with van der Waals surface area (Å²) in [4.78, 5) is 37.0. The second kappa shape index (κ2) is 12.4. The van der Waals surface area contributed by atoms with Crippen LogP contribution in [0.4, 0.5) is 0 Å². The summed E-state index contributed by atoms with van der Waals surface area (Å²) in [5, 5.41) is 8.96. The first-order chi connectivity index (χ1) is 15.3. The molecule has 8 nitrogen and oxygen atoms in total. The smallest absolute Gasteiger partial charge is 0.323 e. The van der Waals surface area contributed by atoms with Gasteiger partial charge in [0.05, 0.1) is 19.1 Å². The second-order valence-corrected chi connectivity index (χ2v) is 8.73. The normalized spacial score (nSPS) is 14.7. The van der Waals surface area contributed by atoms with Gasteiger partial charge in [0.1, 0.15) is 10.9 Å². The lowest BCUT2D eigenvalue weighted by Gasteiger charge is -2.14. The van der Waals surface area contributed by atoms with Crippen molar-refractivity contribution in [2.24, 2.45) is 0 Å². The van der Waals surface area contributed by atoms with E-state index in [0.29, 0.717) is 12.0 Å². The fourth-order valence-corrected chi connectivity index (χ4v) is 4.30. The summed E-state index contributed by atoms with van der Waals surface area (Å²) in [6.07, 6.45) is 6.94. The van der Waals surface area contributed by atoms with Crippen molar-refractivity contribution in [1.82, 2.24) is 4.90 Å². The van der Waals surface area contributed by atoms with E-state index in [4.69, 9.17) is 31.5 Å². The second-order valence-electron chi connectivity index (χ2n) is 7.05. The zero-order valence-corrected chi connectivity index (χ0v) is 20.0. The number of rotatable bonds is 12. The van der Waals surface area contributed by atoms with E-state index in [1.54, 1.807) is 18.2 Å². The van der Waals surface area contributed by atoms with Gasteiger partial charge in [-0.3, -0.25) is 19.3 Å². The molecular formula is C22H27NO7S2. The average molecular weight is 482 g/mol. The summed E-state index contributed by atoms with van der Waals surface area (Å²) in [7, 11) is 2.87. The number of thiocarbonyl (C=S) groups is 1. The number of carboxylic acid groups (broad SMARTS) is 1. The molecule has 1 heterocycles. The molecule has 1 N–H and O–H groups in total. The number of carbonyl (C=O) groups is 3. The van der Waals surface area contributed by atoms with E-state index in [-0.39, 0.29) is 32.4 Å². The van der Waals surface area contributed by atoms with Crippen molar-refractivity contribution < 1.29 is 33.7 Å². The fraction of sp³-hybridized carbons (Fsp3) is 0.455. The molecule has 1 fully saturated rings. The van der Waals surface area contributed by atoms with E-state index in [1.165, 1.54) is 14.2 Å². The molecule has 2 rings (SSSR count). The minimum Gasteiger partial charge on any atom is -0.493 e. The molecule has 0 aromatic heterocycles. The summed E-state index contributed by atoms with van der Waals surface area (Å²) in [6, 6.07) is 3.21. The summed E-state index contributed by atoms with van der Waals surface area (Å²) in [5.74, 6) is -1.29. The molecule has 1 amide bonds. The number of methoxy groups -OCH3 is 2. The van der Waals surface area contributed by atoms with Gasteiger partial charge in [-0.2, -0.15) is 0 Å². The number of amides is 1. The number of nitrogens with zero attached hydrogens (tertiary/aromatic N) is 1. The molecule has 1 aromatic rings. The maximum atomic E-state index is 12.5. The molecule has 0 saturated carbocycles. The molecule has 174 valence electrons. The molecule has 0 bridgehead atoms. The highest BCUT2D eigenvalue weighted by atomic mass is 32.2. The number of carboxylic acids is 1. The predicted octanol–water partition coefficient (Wildman–Crippen LogP) is 4.26. The van der Waals surface area contributed by atoms with Crippen LogP contribution in [0.3, 0.4) is 0 Å². The summed E-state index contributed by atoms with van der Waals surface area (Å²) in [5.41, 5.74) is 0.550. The Labute approximate surface area is 196 Å². The van der Waals surface area contributed by atoms with E-state index < -0.39 is 18.4 Å². The number of thioether (sulfide) groups is 1. The lowest BCUT2D eigenvalue weighted by molar-refractivity contribution is -0.140. The molecule has 1 aliphatic rings. The van der Waals surface area contributed by atoms with Crippen molar-refractivity contribution in [3.05, 3.63) is 22.6 Å². The van der Waals surface area contributed by atoms with Gasteiger partial charge >= 0.3 is 11.9 Å². The number of benzene rings is 1. The van der Waals surface area contributed by atoms with Crippen molar-refractivity contribution in [3.63, 3.8) is 0 Å². The van der Waals surface area contributed by atoms with Crippen LogP contribution in [0.25, 0.3) is 6.08 Å². The van der Waals surface area contributed by atoms with Gasteiger partial charge < -0.3 is 19.3 Å². The van der Waals surface area contributed by atoms with Crippen molar-refractivity contribution in [2.45, 2.75) is 45.4 Å². The van der Waals surface area contributed by atoms with E-state index in [2.05, 4.69) is 6.92 Å². The molecule has 0 aliphatic carbocycles. The molecule has 1 aliphatic heterocycles. The lowest BCUT2D eigenvalue weighted by atomic mass is 10.1. The molecule has 0 unspecified atom stereocenters. The van der Waals surface area contributed by atoms with Gasteiger partial charge in [0.25, 0.3) is 5.91 Å². The van der Waals surface area contributed by atoms with Crippen LogP contribution < -0.4 is 14.2 Å². The molecule has 32 heavy (non-hydrogen) atoms. The zero-order chi connectivity index (χ0) is 23.7. The van der Waals surface area contributed by atoms with Gasteiger partial charge in [-0.1, -0.05) is 56.6 Å². The zero-order valence-electron chi connectivity index (χ0n) is 18.3. The number of carbonyl (C=O) groups excluding carboxylic acids is 2. The van der Waals surface area contributed by atoms with Crippen LogP contribution in [0.2, 0.25) is 0 Å². The number of unbranched alkanes of at least 4 members (excludes halogenated alkanes) is 4. The number of aliphatic carboxylic acids is 1. The van der Waals surface area contributed by atoms with Gasteiger partial charge in [0.2, 0.25) is 5.75 Å². The van der Waals surface area contributed by atoms with Crippen LogP contribution in [0.15, 0.2) is 17.0 Å². The Balaban J connectivity index is 2.19. The number of hydrogen-bond acceptors (Lipinski definition) is 8. The average Bonchev–Trinajstić information content (AvgIpc) is 3.01. The van der Waals surface area contributed by atoms with Crippen LogP contribution in [-0.2, 0) is 14.4 Å². The van der Waals surface area contributed by atoms with E-state index in [9.17, 15) is 14.4 Å². The highest BCUT2D eigenvalue weighted by Gasteiger charge is 2.33. The van der Waals surface area contributed by atoms with Crippen LogP contribution in [0.1, 0.15) is 51.0 Å². The van der Waals surface area contributed by atoms with Crippen molar-refractivity contribution in [1.29, 1.82) is 0 Å². The first-order valence-corrected chi connectivity index (χ1v) is 11.5. The molecule has 10 heteroatoms. The van der Waals surface area contributed by atoms with E-state index in [1.807, 2.05) is 0 Å². The highest BCUT2D eigenvalue weighted by Crippen LogP contribution is 2.41. The third-order valence-corrected chi connectivity index (χ3v) is 6.03. The minimum atomic E-state index is -1.15. The fourth-order valence-electron chi connectivity index (χ4n) is 3.04. The Morgan fingerprint density at radius 1 is 1.12 bits per heavy atom. The molecule has 1 aromatic carbocycles. The molecule has 1 saturated heterocycles. The molecule has 0 radical (unpaired) electrons. The van der Waals surface area contributed by atoms with E-state index in [0.717, 1.165) is 48.8 Å². The van der Waals surface area contributed by atoms with Crippen molar-refractivity contribution in [3.8, 4) is 17.2 Å². The maximum Gasteiger partial charge on any atom is 0.323 e. The van der Waals surface area contributed by atoms with Gasteiger partial charge in [-0.05, 0) is 30.2 Å². The Morgan fingerprint density at radius 2 is 1.75 bits per heavy atom. The topological polar surface area (TPSA) is 102 Å². The van der Waals surface area contributed by atoms with Crippen LogP contribution in [0, 0.1) is 0 Å². The molecule has 0 atom stereocenters. The highest BCUT2D eigenvalue weighted by molar-refractivity contribution is 8.26. The largest absolute Gasteiger partial charge is 0.493 e. The quantitative estimate of drug-likeness (QED) is 0.154. The lowest BCUT2D eigenvalue weighted by Crippen LogP contribution is -2.33. The Hall–Kier alpha value is -2.59. The third-order valence-electron chi connectivity index (χ3n) is 4.65. The van der Waals surface area contributed by atoms with Crippen LogP contribution in [-0.4, -0.2) is 52.9 Å². The summed E-state index contributed by atoms with van der Waals surface area (Å²) in [6.45, 7) is 1.63.